The van der Waals surface area contributed by atoms with Crippen LogP contribution in [0.15, 0.2) is 42.5 Å². The smallest absolute Gasteiger partial charge is 0.227 e. The molecule has 4 nitrogen and oxygen atoms in total. The van der Waals surface area contributed by atoms with Crippen molar-refractivity contribution in [3.63, 3.8) is 0 Å². The molecule has 0 atom stereocenters. The van der Waals surface area contributed by atoms with Gasteiger partial charge in [0, 0.05) is 25.2 Å². The van der Waals surface area contributed by atoms with Gasteiger partial charge in [-0.2, -0.15) is 0 Å². The molecule has 0 spiro atoms. The van der Waals surface area contributed by atoms with Gasteiger partial charge in [0.05, 0.1) is 14.2 Å². The SMILES string of the molecule is COc1ccc(N(C)C(=O)CCc2cccc(F)c2)cc1OC. The molecule has 0 N–H and O–H groups in total. The van der Waals surface area contributed by atoms with Crippen LogP contribution in [0.4, 0.5) is 10.1 Å². The number of anilines is 1. The fraction of sp³-hybridized carbons (Fsp3) is 0.278. The Labute approximate surface area is 135 Å². The Morgan fingerprint density at radius 1 is 1.09 bits per heavy atom. The van der Waals surface area contributed by atoms with Crippen LogP contribution < -0.4 is 14.4 Å². The van der Waals surface area contributed by atoms with Crippen LogP contribution >= 0.6 is 0 Å². The molecular weight excluding hydrogens is 297 g/mol. The number of nitrogens with zero attached hydrogens (tertiary/aromatic N) is 1. The minimum Gasteiger partial charge on any atom is -0.493 e. The monoisotopic (exact) mass is 317 g/mol. The highest BCUT2D eigenvalue weighted by Crippen LogP contribution is 2.31. The predicted octanol–water partition coefficient (Wildman–Crippen LogP) is 3.44. The Kier molecular flexibility index (Phi) is 5.57. The molecule has 122 valence electrons. The van der Waals surface area contributed by atoms with Crippen molar-refractivity contribution in [1.29, 1.82) is 0 Å². The van der Waals surface area contributed by atoms with Crippen molar-refractivity contribution in [2.24, 2.45) is 0 Å². The van der Waals surface area contributed by atoms with Crippen LogP contribution in [-0.4, -0.2) is 27.2 Å². The maximum atomic E-state index is 13.1. The van der Waals surface area contributed by atoms with Crippen LogP contribution in [0.2, 0.25) is 0 Å². The maximum Gasteiger partial charge on any atom is 0.227 e. The van der Waals surface area contributed by atoms with Gasteiger partial charge >= 0.3 is 0 Å². The van der Waals surface area contributed by atoms with Gasteiger partial charge in [0.15, 0.2) is 11.5 Å². The molecule has 0 aliphatic carbocycles. The van der Waals surface area contributed by atoms with Crippen LogP contribution in [0.5, 0.6) is 11.5 Å². The third-order valence-corrected chi connectivity index (χ3v) is 3.65. The first-order chi connectivity index (χ1) is 11.0. The lowest BCUT2D eigenvalue weighted by molar-refractivity contribution is -0.118. The van der Waals surface area contributed by atoms with E-state index in [1.54, 1.807) is 50.4 Å². The van der Waals surface area contributed by atoms with Crippen molar-refractivity contribution in [1.82, 2.24) is 0 Å². The molecule has 0 saturated heterocycles. The zero-order valence-corrected chi connectivity index (χ0v) is 13.5. The Hall–Kier alpha value is -2.56. The largest absolute Gasteiger partial charge is 0.493 e. The van der Waals surface area contributed by atoms with E-state index < -0.39 is 0 Å². The molecule has 0 aliphatic heterocycles. The van der Waals surface area contributed by atoms with E-state index in [0.29, 0.717) is 30.0 Å². The van der Waals surface area contributed by atoms with E-state index in [0.717, 1.165) is 5.56 Å². The lowest BCUT2D eigenvalue weighted by atomic mass is 10.1. The number of aryl methyl sites for hydroxylation is 1. The third-order valence-electron chi connectivity index (χ3n) is 3.65. The lowest BCUT2D eigenvalue weighted by Crippen LogP contribution is -2.26. The van der Waals surface area contributed by atoms with Crippen LogP contribution in [-0.2, 0) is 11.2 Å². The second kappa shape index (κ2) is 7.63. The zero-order valence-electron chi connectivity index (χ0n) is 13.5. The molecule has 0 aromatic heterocycles. The first kappa shape index (κ1) is 16.8. The lowest BCUT2D eigenvalue weighted by Gasteiger charge is -2.19. The molecule has 2 rings (SSSR count). The molecule has 0 heterocycles. The summed E-state index contributed by atoms with van der Waals surface area (Å²) in [6.45, 7) is 0. The van der Waals surface area contributed by atoms with E-state index in [-0.39, 0.29) is 11.7 Å². The molecule has 0 unspecified atom stereocenters. The predicted molar refractivity (Wildman–Crippen MR) is 87.7 cm³/mol. The number of ether oxygens (including phenoxy) is 2. The van der Waals surface area contributed by atoms with Crippen molar-refractivity contribution in [2.75, 3.05) is 26.2 Å². The molecule has 2 aromatic rings. The summed E-state index contributed by atoms with van der Waals surface area (Å²) in [5.41, 5.74) is 1.52. The average molecular weight is 317 g/mol. The topological polar surface area (TPSA) is 38.8 Å². The average Bonchev–Trinajstić information content (AvgIpc) is 2.58. The summed E-state index contributed by atoms with van der Waals surface area (Å²) in [5, 5.41) is 0. The first-order valence-corrected chi connectivity index (χ1v) is 7.28. The highest BCUT2D eigenvalue weighted by Gasteiger charge is 2.14. The van der Waals surface area contributed by atoms with E-state index >= 15 is 0 Å². The van der Waals surface area contributed by atoms with E-state index in [1.165, 1.54) is 12.1 Å². The number of rotatable bonds is 6. The number of halogens is 1. The summed E-state index contributed by atoms with van der Waals surface area (Å²) in [6, 6.07) is 11.6. The quantitative estimate of drug-likeness (QED) is 0.819. The number of benzene rings is 2. The standard InChI is InChI=1S/C18H20FNO3/c1-20(15-8-9-16(22-2)17(12-15)23-3)18(21)10-7-13-5-4-6-14(19)11-13/h4-6,8-9,11-12H,7,10H2,1-3H3. The minimum atomic E-state index is -0.289. The molecule has 23 heavy (non-hydrogen) atoms. The summed E-state index contributed by atoms with van der Waals surface area (Å²) in [5.74, 6) is 0.830. The Morgan fingerprint density at radius 3 is 2.48 bits per heavy atom. The van der Waals surface area contributed by atoms with Crippen molar-refractivity contribution in [2.45, 2.75) is 12.8 Å². The highest BCUT2D eigenvalue weighted by molar-refractivity contribution is 5.93. The van der Waals surface area contributed by atoms with Crippen molar-refractivity contribution in [3.05, 3.63) is 53.8 Å². The van der Waals surface area contributed by atoms with Crippen molar-refractivity contribution in [3.8, 4) is 11.5 Å². The molecule has 1 amide bonds. The van der Waals surface area contributed by atoms with Gasteiger partial charge in [-0.25, -0.2) is 4.39 Å². The Balaban J connectivity index is 2.04. The zero-order chi connectivity index (χ0) is 16.8. The van der Waals surface area contributed by atoms with Crippen molar-refractivity contribution < 1.29 is 18.7 Å². The summed E-state index contributed by atoms with van der Waals surface area (Å²) < 4.78 is 23.6. The Morgan fingerprint density at radius 2 is 1.83 bits per heavy atom. The fourth-order valence-electron chi connectivity index (χ4n) is 2.29. The van der Waals surface area contributed by atoms with Crippen LogP contribution in [0.25, 0.3) is 0 Å². The summed E-state index contributed by atoms with van der Waals surface area (Å²) in [6.07, 6.45) is 0.794. The second-order valence-electron chi connectivity index (χ2n) is 5.12. The summed E-state index contributed by atoms with van der Waals surface area (Å²) in [7, 11) is 4.81. The van der Waals surface area contributed by atoms with Crippen LogP contribution in [0.3, 0.4) is 0 Å². The number of amides is 1. The number of hydrogen-bond acceptors (Lipinski definition) is 3. The second-order valence-corrected chi connectivity index (χ2v) is 5.12. The Bertz CT molecular complexity index is 688. The van der Waals surface area contributed by atoms with Gasteiger partial charge in [-0.1, -0.05) is 12.1 Å². The van der Waals surface area contributed by atoms with Gasteiger partial charge in [-0.3, -0.25) is 4.79 Å². The molecule has 0 radical (unpaired) electrons. The van der Waals surface area contributed by atoms with E-state index in [1.807, 2.05) is 6.07 Å². The van der Waals surface area contributed by atoms with E-state index in [2.05, 4.69) is 0 Å². The van der Waals surface area contributed by atoms with E-state index in [4.69, 9.17) is 9.47 Å². The molecule has 0 saturated carbocycles. The van der Waals surface area contributed by atoms with Gasteiger partial charge in [0.25, 0.3) is 0 Å². The molecule has 0 bridgehead atoms. The number of hydrogen-bond donors (Lipinski definition) is 0. The third kappa shape index (κ3) is 4.22. The molecule has 5 heteroatoms. The molecule has 2 aromatic carbocycles. The highest BCUT2D eigenvalue weighted by atomic mass is 19.1. The van der Waals surface area contributed by atoms with Gasteiger partial charge in [0.2, 0.25) is 5.91 Å². The van der Waals surface area contributed by atoms with E-state index in [9.17, 15) is 9.18 Å². The summed E-state index contributed by atoms with van der Waals surface area (Å²) in [4.78, 5) is 13.9. The van der Waals surface area contributed by atoms with Crippen LogP contribution in [0.1, 0.15) is 12.0 Å². The van der Waals surface area contributed by atoms with Gasteiger partial charge in [0.1, 0.15) is 5.82 Å². The van der Waals surface area contributed by atoms with Crippen molar-refractivity contribution >= 4 is 11.6 Å². The minimum absolute atomic E-state index is 0.0542. The molecule has 0 aliphatic rings. The van der Waals surface area contributed by atoms with Gasteiger partial charge in [-0.15, -0.1) is 0 Å². The fourth-order valence-corrected chi connectivity index (χ4v) is 2.29. The van der Waals surface area contributed by atoms with Gasteiger partial charge in [-0.05, 0) is 36.2 Å². The number of methoxy groups -OCH3 is 2. The summed E-state index contributed by atoms with van der Waals surface area (Å²) >= 11 is 0. The first-order valence-electron chi connectivity index (χ1n) is 7.28. The van der Waals surface area contributed by atoms with Crippen LogP contribution in [0, 0.1) is 5.82 Å². The number of carbonyl (C=O) groups excluding carboxylic acids is 1. The molecule has 0 fully saturated rings. The number of carbonyl (C=O) groups is 1. The molecular formula is C18H20FNO3. The van der Waals surface area contributed by atoms with Gasteiger partial charge < -0.3 is 14.4 Å². The maximum absolute atomic E-state index is 13.1. The normalized spacial score (nSPS) is 10.3.